The van der Waals surface area contributed by atoms with Crippen molar-refractivity contribution in [3.63, 3.8) is 0 Å². The Kier molecular flexibility index (Phi) is 6.12. The molecular formula is C23H23NO5. The Balaban J connectivity index is 1.97. The fraction of sp³-hybridized carbons (Fsp3) is 0.261. The molecule has 0 aliphatic carbocycles. The summed E-state index contributed by atoms with van der Waals surface area (Å²) in [6.07, 6.45) is 0.169. The molecule has 150 valence electrons. The van der Waals surface area contributed by atoms with Gasteiger partial charge in [0.15, 0.2) is 0 Å². The summed E-state index contributed by atoms with van der Waals surface area (Å²) in [5, 5.41) is 9.04. The Bertz CT molecular complexity index is 947. The molecule has 0 aromatic heterocycles. The molecule has 0 spiro atoms. The van der Waals surface area contributed by atoms with Crippen LogP contribution in [-0.2, 0) is 20.9 Å². The Morgan fingerprint density at radius 1 is 1.10 bits per heavy atom. The molecule has 1 amide bonds. The number of nitrogens with zero attached hydrogens (tertiary/aromatic N) is 1. The second-order valence-electron chi connectivity index (χ2n) is 6.87. The van der Waals surface area contributed by atoms with Gasteiger partial charge >= 0.3 is 11.9 Å². The largest absolute Gasteiger partial charge is 0.478 e. The molecule has 1 aliphatic heterocycles. The van der Waals surface area contributed by atoms with E-state index < -0.39 is 11.9 Å². The summed E-state index contributed by atoms with van der Waals surface area (Å²) in [7, 11) is 0. The molecule has 2 aromatic rings. The summed E-state index contributed by atoms with van der Waals surface area (Å²) in [6, 6.07) is 15.8. The lowest BCUT2D eigenvalue weighted by Crippen LogP contribution is -2.38. The lowest BCUT2D eigenvalue weighted by atomic mass is 9.83. The summed E-state index contributed by atoms with van der Waals surface area (Å²) in [5.41, 5.74) is 2.91. The summed E-state index contributed by atoms with van der Waals surface area (Å²) in [5.74, 6) is -1.87. The minimum atomic E-state index is -1.00. The number of aromatic carboxylic acids is 1. The predicted molar refractivity (Wildman–Crippen MR) is 107 cm³/mol. The summed E-state index contributed by atoms with van der Waals surface area (Å²) in [4.78, 5) is 38.3. The highest BCUT2D eigenvalue weighted by atomic mass is 16.5. The number of carbonyl (C=O) groups excluding carboxylic acids is 2. The van der Waals surface area contributed by atoms with Crippen LogP contribution in [0.4, 0.5) is 0 Å². The highest BCUT2D eigenvalue weighted by Crippen LogP contribution is 2.37. The molecule has 1 heterocycles. The normalized spacial score (nSPS) is 16.7. The van der Waals surface area contributed by atoms with E-state index in [2.05, 4.69) is 0 Å². The van der Waals surface area contributed by atoms with Crippen LogP contribution < -0.4 is 0 Å². The first kappa shape index (κ1) is 20.3. The van der Waals surface area contributed by atoms with Crippen LogP contribution in [0.15, 0.2) is 65.9 Å². The smallest absolute Gasteiger partial charge is 0.336 e. The van der Waals surface area contributed by atoms with Gasteiger partial charge in [0.1, 0.15) is 0 Å². The van der Waals surface area contributed by atoms with E-state index in [9.17, 15) is 14.4 Å². The van der Waals surface area contributed by atoms with E-state index in [-0.39, 0.29) is 37.0 Å². The maximum Gasteiger partial charge on any atom is 0.336 e. The number of carbonyl (C=O) groups is 3. The van der Waals surface area contributed by atoms with E-state index in [1.165, 1.54) is 12.1 Å². The van der Waals surface area contributed by atoms with Crippen molar-refractivity contribution in [3.8, 4) is 0 Å². The van der Waals surface area contributed by atoms with Gasteiger partial charge in [0.2, 0.25) is 5.91 Å². The molecule has 0 saturated heterocycles. The molecular weight excluding hydrogens is 370 g/mol. The van der Waals surface area contributed by atoms with Crippen molar-refractivity contribution >= 4 is 17.8 Å². The van der Waals surface area contributed by atoms with E-state index in [0.29, 0.717) is 11.3 Å². The van der Waals surface area contributed by atoms with Crippen LogP contribution in [0.25, 0.3) is 0 Å². The minimum absolute atomic E-state index is 0.0910. The van der Waals surface area contributed by atoms with Crippen LogP contribution >= 0.6 is 0 Å². The molecule has 1 atom stereocenters. The van der Waals surface area contributed by atoms with Gasteiger partial charge in [0.05, 0.1) is 24.3 Å². The second kappa shape index (κ2) is 8.73. The van der Waals surface area contributed by atoms with Gasteiger partial charge in [0, 0.05) is 18.0 Å². The van der Waals surface area contributed by atoms with Crippen LogP contribution in [0.3, 0.4) is 0 Å². The number of hydrogen-bond acceptors (Lipinski definition) is 4. The molecule has 0 radical (unpaired) electrons. The first-order chi connectivity index (χ1) is 13.9. The molecule has 29 heavy (non-hydrogen) atoms. The number of ether oxygens (including phenoxy) is 1. The molecule has 0 bridgehead atoms. The van der Waals surface area contributed by atoms with Gasteiger partial charge in [-0.15, -0.1) is 0 Å². The maximum atomic E-state index is 12.9. The molecule has 6 heteroatoms. The van der Waals surface area contributed by atoms with Crippen molar-refractivity contribution in [1.29, 1.82) is 0 Å². The zero-order valence-electron chi connectivity index (χ0n) is 16.4. The van der Waals surface area contributed by atoms with Gasteiger partial charge in [-0.25, -0.2) is 9.59 Å². The monoisotopic (exact) mass is 393 g/mol. The first-order valence-corrected chi connectivity index (χ1v) is 9.47. The van der Waals surface area contributed by atoms with Crippen LogP contribution in [0.2, 0.25) is 0 Å². The zero-order valence-corrected chi connectivity index (χ0v) is 16.4. The van der Waals surface area contributed by atoms with E-state index in [1.54, 1.807) is 30.9 Å². The lowest BCUT2D eigenvalue weighted by molar-refractivity contribution is -0.140. The minimum Gasteiger partial charge on any atom is -0.478 e. The number of carboxylic acid groups (broad SMARTS) is 1. The van der Waals surface area contributed by atoms with Gasteiger partial charge in [-0.3, -0.25) is 4.79 Å². The molecule has 6 nitrogen and oxygen atoms in total. The Labute approximate surface area is 169 Å². The highest BCUT2D eigenvalue weighted by molar-refractivity contribution is 5.96. The van der Waals surface area contributed by atoms with Crippen LogP contribution in [0.1, 0.15) is 47.7 Å². The molecule has 0 saturated carbocycles. The molecule has 1 N–H and O–H groups in total. The number of esters is 1. The standard InChI is InChI=1S/C23H23NO5/c1-3-29-23(28)21-15(2)24(14-16-9-11-18(12-10-16)22(26)27)20(25)13-19(21)17-7-5-4-6-8-17/h4-12,19H,3,13-14H2,1-2H3,(H,26,27). The summed E-state index contributed by atoms with van der Waals surface area (Å²) >= 11 is 0. The summed E-state index contributed by atoms with van der Waals surface area (Å²) < 4.78 is 5.28. The number of benzene rings is 2. The van der Waals surface area contributed by atoms with Crippen LogP contribution in [-0.4, -0.2) is 34.5 Å². The Morgan fingerprint density at radius 3 is 2.34 bits per heavy atom. The topological polar surface area (TPSA) is 83.9 Å². The zero-order chi connectivity index (χ0) is 21.0. The van der Waals surface area contributed by atoms with E-state index in [4.69, 9.17) is 9.84 Å². The second-order valence-corrected chi connectivity index (χ2v) is 6.87. The predicted octanol–water partition coefficient (Wildman–Crippen LogP) is 3.74. The average Bonchev–Trinajstić information content (AvgIpc) is 2.71. The Morgan fingerprint density at radius 2 is 1.76 bits per heavy atom. The van der Waals surface area contributed by atoms with Crippen molar-refractivity contribution in [2.75, 3.05) is 6.61 Å². The number of rotatable bonds is 6. The molecule has 3 rings (SSSR count). The molecule has 2 aromatic carbocycles. The van der Waals surface area contributed by atoms with Gasteiger partial charge in [-0.2, -0.15) is 0 Å². The third-order valence-electron chi connectivity index (χ3n) is 5.06. The quantitative estimate of drug-likeness (QED) is 0.756. The third-order valence-corrected chi connectivity index (χ3v) is 5.06. The first-order valence-electron chi connectivity index (χ1n) is 9.47. The van der Waals surface area contributed by atoms with E-state index in [1.807, 2.05) is 30.3 Å². The third kappa shape index (κ3) is 4.37. The Hall–Kier alpha value is -3.41. The average molecular weight is 393 g/mol. The lowest BCUT2D eigenvalue weighted by Gasteiger charge is -2.34. The molecule has 0 fully saturated rings. The van der Waals surface area contributed by atoms with Crippen molar-refractivity contribution in [2.45, 2.75) is 32.7 Å². The van der Waals surface area contributed by atoms with Crippen molar-refractivity contribution in [1.82, 2.24) is 4.90 Å². The number of hydrogen-bond donors (Lipinski definition) is 1. The number of carboxylic acids is 1. The SMILES string of the molecule is CCOC(=O)C1=C(C)N(Cc2ccc(C(=O)O)cc2)C(=O)CC1c1ccccc1. The molecule has 1 aliphatic rings. The van der Waals surface area contributed by atoms with Crippen molar-refractivity contribution < 1.29 is 24.2 Å². The van der Waals surface area contributed by atoms with Gasteiger partial charge in [0.25, 0.3) is 0 Å². The van der Waals surface area contributed by atoms with Crippen LogP contribution in [0.5, 0.6) is 0 Å². The van der Waals surface area contributed by atoms with Crippen molar-refractivity contribution in [3.05, 3.63) is 82.6 Å². The fourth-order valence-corrected chi connectivity index (χ4v) is 3.58. The van der Waals surface area contributed by atoms with Gasteiger partial charge < -0.3 is 14.7 Å². The number of allylic oxidation sites excluding steroid dienone is 1. The van der Waals surface area contributed by atoms with Gasteiger partial charge in [-0.05, 0) is 37.1 Å². The maximum absolute atomic E-state index is 12.9. The highest BCUT2D eigenvalue weighted by Gasteiger charge is 2.36. The van der Waals surface area contributed by atoms with Gasteiger partial charge in [-0.1, -0.05) is 42.5 Å². The van der Waals surface area contributed by atoms with Crippen molar-refractivity contribution in [2.24, 2.45) is 0 Å². The summed E-state index contributed by atoms with van der Waals surface area (Å²) in [6.45, 7) is 4.02. The van der Waals surface area contributed by atoms with E-state index in [0.717, 1.165) is 11.1 Å². The number of amides is 1. The van der Waals surface area contributed by atoms with Crippen LogP contribution in [0, 0.1) is 0 Å². The van der Waals surface area contributed by atoms with E-state index >= 15 is 0 Å². The molecule has 1 unspecified atom stereocenters. The fourth-order valence-electron chi connectivity index (χ4n) is 3.58.